The summed E-state index contributed by atoms with van der Waals surface area (Å²) in [4.78, 5) is 13.2. The summed E-state index contributed by atoms with van der Waals surface area (Å²) in [6.07, 6.45) is 0.609. The molecule has 0 aliphatic heterocycles. The van der Waals surface area contributed by atoms with Crippen LogP contribution >= 0.6 is 0 Å². The summed E-state index contributed by atoms with van der Waals surface area (Å²) in [5.74, 6) is -1.03. The largest absolute Gasteiger partial charge is 0.480 e. The highest BCUT2D eigenvalue weighted by molar-refractivity contribution is 5.80. The second kappa shape index (κ2) is 5.12. The first kappa shape index (κ1) is 15.1. The summed E-state index contributed by atoms with van der Waals surface area (Å²) in [7, 11) is 0. The predicted octanol–water partition coefficient (Wildman–Crippen LogP) is 2.00. The molecule has 120 valence electrons. The molecule has 1 atom stereocenters. The Kier molecular flexibility index (Phi) is 3.68. The molecule has 0 bridgehead atoms. The molecule has 0 spiro atoms. The molecule has 4 nitrogen and oxygen atoms in total. The van der Waals surface area contributed by atoms with Crippen molar-refractivity contribution in [1.82, 2.24) is 10.2 Å². The maximum atomic E-state index is 12.8. The zero-order chi connectivity index (χ0) is 15.3. The van der Waals surface area contributed by atoms with Gasteiger partial charge in [-0.15, -0.1) is 0 Å². The zero-order valence-corrected chi connectivity index (χ0v) is 11.8. The summed E-state index contributed by atoms with van der Waals surface area (Å²) in [6, 6.07) is 0.0544. The second-order valence-corrected chi connectivity index (χ2v) is 6.72. The standard InChI is InChI=1S/C14H21F3N2O2/c15-14(16,17)8-19(11-5-6-11)7-13(12(20)21,9-1-2-9)18-10-3-4-10/h9-11,18H,1-8H2,(H,20,21). The number of carboxylic acids is 1. The van der Waals surface area contributed by atoms with Crippen LogP contribution in [-0.4, -0.2) is 52.9 Å². The van der Waals surface area contributed by atoms with Crippen molar-refractivity contribution >= 4 is 5.97 Å². The highest BCUT2D eigenvalue weighted by Crippen LogP contribution is 2.44. The minimum Gasteiger partial charge on any atom is -0.480 e. The topological polar surface area (TPSA) is 52.6 Å². The van der Waals surface area contributed by atoms with Gasteiger partial charge in [0, 0.05) is 18.6 Å². The van der Waals surface area contributed by atoms with E-state index in [0.717, 1.165) is 38.5 Å². The van der Waals surface area contributed by atoms with Gasteiger partial charge in [0.2, 0.25) is 0 Å². The quantitative estimate of drug-likeness (QED) is 0.720. The van der Waals surface area contributed by atoms with E-state index in [-0.39, 0.29) is 24.5 Å². The monoisotopic (exact) mass is 306 g/mol. The number of carbonyl (C=O) groups is 1. The Morgan fingerprint density at radius 1 is 1.10 bits per heavy atom. The van der Waals surface area contributed by atoms with Crippen molar-refractivity contribution in [3.63, 3.8) is 0 Å². The Morgan fingerprint density at radius 3 is 2.10 bits per heavy atom. The summed E-state index contributed by atoms with van der Waals surface area (Å²) < 4.78 is 38.3. The van der Waals surface area contributed by atoms with Crippen LogP contribution in [0.25, 0.3) is 0 Å². The summed E-state index contributed by atoms with van der Waals surface area (Å²) in [5, 5.41) is 12.8. The van der Waals surface area contributed by atoms with Gasteiger partial charge < -0.3 is 5.11 Å². The molecule has 3 saturated carbocycles. The van der Waals surface area contributed by atoms with Crippen LogP contribution in [0.5, 0.6) is 0 Å². The van der Waals surface area contributed by atoms with Crippen LogP contribution in [0.3, 0.4) is 0 Å². The first-order valence-corrected chi connectivity index (χ1v) is 7.62. The molecule has 21 heavy (non-hydrogen) atoms. The van der Waals surface area contributed by atoms with Gasteiger partial charge in [-0.3, -0.25) is 15.0 Å². The summed E-state index contributed by atoms with van der Waals surface area (Å²) >= 11 is 0. The molecular weight excluding hydrogens is 285 g/mol. The number of nitrogens with one attached hydrogen (secondary N) is 1. The van der Waals surface area contributed by atoms with Gasteiger partial charge in [-0.1, -0.05) is 0 Å². The number of alkyl halides is 3. The van der Waals surface area contributed by atoms with Crippen molar-refractivity contribution in [3.8, 4) is 0 Å². The molecule has 7 heteroatoms. The van der Waals surface area contributed by atoms with Gasteiger partial charge in [0.1, 0.15) is 5.54 Å². The van der Waals surface area contributed by atoms with Crippen molar-refractivity contribution in [2.75, 3.05) is 13.1 Å². The number of rotatable bonds is 8. The van der Waals surface area contributed by atoms with Crippen molar-refractivity contribution in [2.24, 2.45) is 5.92 Å². The number of nitrogens with zero attached hydrogens (tertiary/aromatic N) is 1. The fraction of sp³-hybridized carbons (Fsp3) is 0.929. The lowest BCUT2D eigenvalue weighted by Crippen LogP contribution is -2.62. The third-order valence-electron chi connectivity index (χ3n) is 4.59. The van der Waals surface area contributed by atoms with E-state index < -0.39 is 24.2 Å². The minimum absolute atomic E-state index is 0.0341. The Bertz CT molecular complexity index is 417. The van der Waals surface area contributed by atoms with Crippen LogP contribution in [0, 0.1) is 5.92 Å². The van der Waals surface area contributed by atoms with E-state index >= 15 is 0 Å². The number of aliphatic carboxylic acids is 1. The Morgan fingerprint density at radius 2 is 1.71 bits per heavy atom. The van der Waals surface area contributed by atoms with Crippen LogP contribution in [0.2, 0.25) is 0 Å². The molecule has 3 fully saturated rings. The van der Waals surface area contributed by atoms with Gasteiger partial charge in [0.15, 0.2) is 0 Å². The molecular formula is C14H21F3N2O2. The first-order valence-electron chi connectivity index (χ1n) is 7.62. The van der Waals surface area contributed by atoms with E-state index in [1.165, 1.54) is 4.90 Å². The Labute approximate surface area is 121 Å². The summed E-state index contributed by atoms with van der Waals surface area (Å²) in [5.41, 5.74) is -1.20. The lowest BCUT2D eigenvalue weighted by molar-refractivity contribution is -0.158. The van der Waals surface area contributed by atoms with Crippen LogP contribution in [0.15, 0.2) is 0 Å². The van der Waals surface area contributed by atoms with Crippen LogP contribution in [0.1, 0.15) is 38.5 Å². The number of halogens is 3. The summed E-state index contributed by atoms with van der Waals surface area (Å²) in [6.45, 7) is -1.04. The first-order chi connectivity index (χ1) is 9.80. The molecule has 2 N–H and O–H groups in total. The van der Waals surface area contributed by atoms with E-state index in [9.17, 15) is 23.1 Å². The molecule has 0 aromatic heterocycles. The third kappa shape index (κ3) is 3.69. The highest BCUT2D eigenvalue weighted by Gasteiger charge is 2.55. The molecule has 1 unspecified atom stereocenters. The van der Waals surface area contributed by atoms with E-state index in [1.54, 1.807) is 0 Å². The van der Waals surface area contributed by atoms with Gasteiger partial charge >= 0.3 is 12.1 Å². The van der Waals surface area contributed by atoms with E-state index in [2.05, 4.69) is 5.32 Å². The van der Waals surface area contributed by atoms with Gasteiger partial charge in [0.05, 0.1) is 6.54 Å². The predicted molar refractivity (Wildman–Crippen MR) is 69.9 cm³/mol. The van der Waals surface area contributed by atoms with Gasteiger partial charge in [-0.05, 0) is 44.4 Å². The normalized spacial score (nSPS) is 25.9. The second-order valence-electron chi connectivity index (χ2n) is 6.72. The average Bonchev–Trinajstić information content (AvgIpc) is 3.24. The molecule has 0 amide bonds. The number of hydrogen-bond donors (Lipinski definition) is 2. The molecule has 3 aliphatic carbocycles. The molecule has 0 heterocycles. The van der Waals surface area contributed by atoms with Crippen LogP contribution in [0.4, 0.5) is 13.2 Å². The van der Waals surface area contributed by atoms with Crippen LogP contribution < -0.4 is 5.32 Å². The molecule has 0 aromatic carbocycles. The Hall–Kier alpha value is -0.820. The van der Waals surface area contributed by atoms with E-state index in [0.29, 0.717) is 0 Å². The van der Waals surface area contributed by atoms with Gasteiger partial charge in [0.25, 0.3) is 0 Å². The van der Waals surface area contributed by atoms with Crippen LogP contribution in [-0.2, 0) is 4.79 Å². The lowest BCUT2D eigenvalue weighted by atomic mass is 9.91. The smallest absolute Gasteiger partial charge is 0.401 e. The maximum absolute atomic E-state index is 12.8. The molecule has 3 rings (SSSR count). The number of hydrogen-bond acceptors (Lipinski definition) is 3. The average molecular weight is 306 g/mol. The maximum Gasteiger partial charge on any atom is 0.401 e. The van der Waals surface area contributed by atoms with Crippen molar-refractivity contribution in [2.45, 2.75) is 62.3 Å². The zero-order valence-electron chi connectivity index (χ0n) is 11.8. The fourth-order valence-corrected chi connectivity index (χ4v) is 3.07. The highest BCUT2D eigenvalue weighted by atomic mass is 19.4. The van der Waals surface area contributed by atoms with Crippen molar-refractivity contribution in [1.29, 1.82) is 0 Å². The molecule has 0 aromatic rings. The minimum atomic E-state index is -4.28. The molecule has 0 radical (unpaired) electrons. The fourth-order valence-electron chi connectivity index (χ4n) is 3.07. The Balaban J connectivity index is 1.76. The third-order valence-corrected chi connectivity index (χ3v) is 4.59. The molecule has 0 saturated heterocycles. The SMILES string of the molecule is O=C(O)C(CN(CC(F)(F)F)C1CC1)(NC1CC1)C1CC1. The van der Waals surface area contributed by atoms with Gasteiger partial charge in [-0.2, -0.15) is 13.2 Å². The molecule has 3 aliphatic rings. The van der Waals surface area contributed by atoms with E-state index in [1.807, 2.05) is 0 Å². The van der Waals surface area contributed by atoms with E-state index in [4.69, 9.17) is 0 Å². The number of carboxylic acid groups (broad SMARTS) is 1. The lowest BCUT2D eigenvalue weighted by Gasteiger charge is -2.37. The van der Waals surface area contributed by atoms with Gasteiger partial charge in [-0.25, -0.2) is 0 Å². The van der Waals surface area contributed by atoms with Crippen molar-refractivity contribution < 1.29 is 23.1 Å². The van der Waals surface area contributed by atoms with Crippen molar-refractivity contribution in [3.05, 3.63) is 0 Å².